The van der Waals surface area contributed by atoms with Crippen LogP contribution in [0.2, 0.25) is 0 Å². The number of allylic oxidation sites excluding steroid dienone is 1. The van der Waals surface area contributed by atoms with Crippen LogP contribution in [-0.2, 0) is 9.53 Å². The first-order chi connectivity index (χ1) is 8.81. The Morgan fingerprint density at radius 3 is 2.00 bits per heavy atom. The molecule has 0 rings (SSSR count). The molecule has 18 heavy (non-hydrogen) atoms. The summed E-state index contributed by atoms with van der Waals surface area (Å²) in [7, 11) is 0. The van der Waals surface area contributed by atoms with Gasteiger partial charge in [-0.3, -0.25) is 0 Å². The van der Waals surface area contributed by atoms with Crippen LogP contribution in [-0.4, -0.2) is 12.6 Å². The minimum absolute atomic E-state index is 0.214. The summed E-state index contributed by atoms with van der Waals surface area (Å²) in [6.07, 6.45) is 16.5. The molecule has 0 spiro atoms. The zero-order valence-corrected chi connectivity index (χ0v) is 12.2. The molecule has 0 saturated heterocycles. The molecule has 0 aliphatic heterocycles. The third kappa shape index (κ3) is 13.3. The van der Waals surface area contributed by atoms with Crippen molar-refractivity contribution in [3.63, 3.8) is 0 Å². The highest BCUT2D eigenvalue weighted by Crippen LogP contribution is 2.10. The zero-order chi connectivity index (χ0) is 13.5. The second-order valence-corrected chi connectivity index (χ2v) is 4.77. The lowest BCUT2D eigenvalue weighted by Gasteiger charge is -2.00. The Kier molecular flexibility index (Phi) is 13.6. The van der Waals surface area contributed by atoms with Gasteiger partial charge in [-0.2, -0.15) is 0 Å². The highest BCUT2D eigenvalue weighted by molar-refractivity contribution is 5.81. The molecule has 0 heterocycles. The van der Waals surface area contributed by atoms with Gasteiger partial charge < -0.3 is 4.74 Å². The van der Waals surface area contributed by atoms with Gasteiger partial charge in [0.1, 0.15) is 0 Å². The monoisotopic (exact) mass is 254 g/mol. The molecule has 0 aliphatic carbocycles. The van der Waals surface area contributed by atoms with E-state index in [4.69, 9.17) is 4.74 Å². The highest BCUT2D eigenvalue weighted by atomic mass is 16.5. The lowest BCUT2D eigenvalue weighted by Crippen LogP contribution is -1.98. The van der Waals surface area contributed by atoms with E-state index in [1.165, 1.54) is 57.8 Å². The highest BCUT2D eigenvalue weighted by Gasteiger charge is 1.93. The van der Waals surface area contributed by atoms with Crippen LogP contribution >= 0.6 is 0 Å². The van der Waals surface area contributed by atoms with Gasteiger partial charge in [0.05, 0.1) is 6.61 Å². The van der Waals surface area contributed by atoms with Crippen LogP contribution in [0, 0.1) is 0 Å². The lowest BCUT2D eigenvalue weighted by molar-refractivity contribution is -0.137. The molecule has 0 atom stereocenters. The maximum Gasteiger partial charge on any atom is 0.330 e. The Morgan fingerprint density at radius 2 is 1.44 bits per heavy atom. The summed E-state index contributed by atoms with van der Waals surface area (Å²) < 4.78 is 4.81. The topological polar surface area (TPSA) is 26.3 Å². The first-order valence-corrected chi connectivity index (χ1v) is 7.64. The smallest absolute Gasteiger partial charge is 0.330 e. The fourth-order valence-electron chi connectivity index (χ4n) is 1.94. The number of hydrogen-bond donors (Lipinski definition) is 0. The van der Waals surface area contributed by atoms with Gasteiger partial charge in [0.15, 0.2) is 0 Å². The van der Waals surface area contributed by atoms with E-state index in [-0.39, 0.29) is 5.97 Å². The standard InChI is InChI=1S/C16H30O2/c1-3-5-6-7-8-9-10-11-12-13-14-15-16(17)18-4-2/h14-15H,3-13H2,1-2H3. The predicted octanol–water partition coefficient (Wildman–Crippen LogP) is 5.03. The van der Waals surface area contributed by atoms with E-state index in [1.807, 2.05) is 13.0 Å². The van der Waals surface area contributed by atoms with Crippen molar-refractivity contribution in [1.29, 1.82) is 0 Å². The van der Waals surface area contributed by atoms with Gasteiger partial charge in [0.25, 0.3) is 0 Å². The van der Waals surface area contributed by atoms with E-state index in [0.29, 0.717) is 6.61 Å². The average Bonchev–Trinajstić information content (AvgIpc) is 2.36. The molecule has 0 aromatic rings. The fourth-order valence-corrected chi connectivity index (χ4v) is 1.94. The summed E-state index contributed by atoms with van der Waals surface area (Å²) in [5.74, 6) is -0.214. The van der Waals surface area contributed by atoms with E-state index < -0.39 is 0 Å². The quantitative estimate of drug-likeness (QED) is 0.277. The fraction of sp³-hybridized carbons (Fsp3) is 0.812. The Labute approximate surface area is 113 Å². The Balaban J connectivity index is 3.13. The van der Waals surface area contributed by atoms with Crippen LogP contribution in [0.1, 0.15) is 78.1 Å². The Hall–Kier alpha value is -0.790. The van der Waals surface area contributed by atoms with Crippen molar-refractivity contribution in [2.75, 3.05) is 6.61 Å². The summed E-state index contributed by atoms with van der Waals surface area (Å²) in [6.45, 7) is 4.54. The molecule has 0 amide bonds. The predicted molar refractivity (Wildman–Crippen MR) is 77.6 cm³/mol. The SMILES string of the molecule is CCCCCCCCCCCC=CC(=O)OCC. The summed E-state index contributed by atoms with van der Waals surface area (Å²) in [5.41, 5.74) is 0. The van der Waals surface area contributed by atoms with E-state index in [2.05, 4.69) is 6.92 Å². The van der Waals surface area contributed by atoms with Gasteiger partial charge in [-0.1, -0.05) is 64.4 Å². The maximum absolute atomic E-state index is 11.0. The number of ether oxygens (including phenoxy) is 1. The average molecular weight is 254 g/mol. The number of rotatable bonds is 12. The van der Waals surface area contributed by atoms with Gasteiger partial charge >= 0.3 is 5.97 Å². The van der Waals surface area contributed by atoms with E-state index in [0.717, 1.165) is 6.42 Å². The van der Waals surface area contributed by atoms with Crippen molar-refractivity contribution >= 4 is 5.97 Å². The number of carbonyl (C=O) groups is 1. The molecular formula is C16H30O2. The van der Waals surface area contributed by atoms with Crippen molar-refractivity contribution in [1.82, 2.24) is 0 Å². The second-order valence-electron chi connectivity index (χ2n) is 4.77. The number of unbranched alkanes of at least 4 members (excludes halogenated alkanes) is 9. The van der Waals surface area contributed by atoms with Crippen molar-refractivity contribution in [2.45, 2.75) is 78.1 Å². The number of esters is 1. The van der Waals surface area contributed by atoms with E-state index in [1.54, 1.807) is 6.08 Å². The normalized spacial score (nSPS) is 11.0. The molecule has 0 unspecified atom stereocenters. The molecule has 0 bridgehead atoms. The number of hydrogen-bond acceptors (Lipinski definition) is 2. The first kappa shape index (κ1) is 17.2. The van der Waals surface area contributed by atoms with Crippen LogP contribution in [0.5, 0.6) is 0 Å². The van der Waals surface area contributed by atoms with Gasteiger partial charge in [-0.15, -0.1) is 0 Å². The van der Waals surface area contributed by atoms with E-state index in [9.17, 15) is 4.79 Å². The first-order valence-electron chi connectivity index (χ1n) is 7.64. The summed E-state index contributed by atoms with van der Waals surface area (Å²) in [4.78, 5) is 11.0. The van der Waals surface area contributed by atoms with Crippen molar-refractivity contribution in [2.24, 2.45) is 0 Å². The zero-order valence-electron chi connectivity index (χ0n) is 12.2. The van der Waals surface area contributed by atoms with Crippen molar-refractivity contribution in [3.8, 4) is 0 Å². The van der Waals surface area contributed by atoms with Crippen LogP contribution in [0.3, 0.4) is 0 Å². The van der Waals surface area contributed by atoms with Crippen LogP contribution in [0.25, 0.3) is 0 Å². The molecule has 0 N–H and O–H groups in total. The minimum atomic E-state index is -0.214. The molecule has 0 fully saturated rings. The molecular weight excluding hydrogens is 224 g/mol. The third-order valence-corrected chi connectivity index (χ3v) is 3.01. The molecule has 0 aliphatic rings. The molecule has 2 nitrogen and oxygen atoms in total. The third-order valence-electron chi connectivity index (χ3n) is 3.01. The molecule has 0 radical (unpaired) electrons. The van der Waals surface area contributed by atoms with E-state index >= 15 is 0 Å². The molecule has 106 valence electrons. The summed E-state index contributed by atoms with van der Waals surface area (Å²) in [5, 5.41) is 0. The molecule has 2 heteroatoms. The number of carbonyl (C=O) groups excluding carboxylic acids is 1. The van der Waals surface area contributed by atoms with Crippen LogP contribution < -0.4 is 0 Å². The molecule has 0 saturated carbocycles. The van der Waals surface area contributed by atoms with Crippen LogP contribution in [0.4, 0.5) is 0 Å². The van der Waals surface area contributed by atoms with Gasteiger partial charge in [0.2, 0.25) is 0 Å². The van der Waals surface area contributed by atoms with Crippen LogP contribution in [0.15, 0.2) is 12.2 Å². The minimum Gasteiger partial charge on any atom is -0.463 e. The summed E-state index contributed by atoms with van der Waals surface area (Å²) in [6, 6.07) is 0. The van der Waals surface area contributed by atoms with Gasteiger partial charge in [0, 0.05) is 6.08 Å². The largest absolute Gasteiger partial charge is 0.463 e. The summed E-state index contributed by atoms with van der Waals surface area (Å²) >= 11 is 0. The van der Waals surface area contributed by atoms with Gasteiger partial charge in [-0.25, -0.2) is 4.79 Å². The van der Waals surface area contributed by atoms with Crippen molar-refractivity contribution < 1.29 is 9.53 Å². The lowest BCUT2D eigenvalue weighted by atomic mass is 10.1. The second kappa shape index (κ2) is 14.3. The molecule has 0 aromatic heterocycles. The van der Waals surface area contributed by atoms with Crippen molar-refractivity contribution in [3.05, 3.63) is 12.2 Å². The molecule has 0 aromatic carbocycles. The Bertz CT molecular complexity index is 209. The Morgan fingerprint density at radius 1 is 0.889 bits per heavy atom. The maximum atomic E-state index is 11.0. The van der Waals surface area contributed by atoms with Gasteiger partial charge in [-0.05, 0) is 19.8 Å².